The normalized spacial score (nSPS) is 13.4. The average Bonchev–Trinajstić information content (AvgIpc) is 3.28. The van der Waals surface area contributed by atoms with Crippen molar-refractivity contribution in [1.82, 2.24) is 0 Å². The first-order valence-corrected chi connectivity index (χ1v) is 28.4. The fourth-order valence-electron chi connectivity index (χ4n) is 7.89. The van der Waals surface area contributed by atoms with Crippen LogP contribution in [0.4, 0.5) is 0 Å². The van der Waals surface area contributed by atoms with Crippen LogP contribution in [0.5, 0.6) is 0 Å². The van der Waals surface area contributed by atoms with Crippen LogP contribution in [0.3, 0.4) is 0 Å². The summed E-state index contributed by atoms with van der Waals surface area (Å²) in [5.41, 5.74) is 0. The third-order valence-corrected chi connectivity index (χ3v) is 13.0. The maximum atomic E-state index is 12.8. The van der Waals surface area contributed by atoms with Crippen molar-refractivity contribution in [2.45, 2.75) is 290 Å². The summed E-state index contributed by atoms with van der Waals surface area (Å²) in [4.78, 5) is 48.2. The van der Waals surface area contributed by atoms with E-state index in [9.17, 15) is 28.9 Å². The Hall–Kier alpha value is -1.52. The van der Waals surface area contributed by atoms with Crippen molar-refractivity contribution in [3.05, 3.63) is 0 Å². The van der Waals surface area contributed by atoms with E-state index in [4.69, 9.17) is 23.3 Å². The fourth-order valence-corrected chi connectivity index (χ4v) is 8.67. The molecule has 0 aromatic rings. The minimum Gasteiger partial charge on any atom is -0.462 e. The molecule has 0 aliphatic carbocycles. The molecule has 11 nitrogen and oxygen atoms in total. The molecule has 0 aliphatic rings. The molecule has 0 aliphatic heterocycles. The number of ether oxygens (including phenoxy) is 3. The van der Waals surface area contributed by atoms with E-state index in [2.05, 4.69) is 20.8 Å². The lowest BCUT2D eigenvalue weighted by atomic mass is 10.0. The molecule has 0 rings (SSSR count). The third kappa shape index (κ3) is 45.6. The van der Waals surface area contributed by atoms with Gasteiger partial charge in [-0.1, -0.05) is 239 Å². The van der Waals surface area contributed by atoms with Crippen molar-refractivity contribution in [3.63, 3.8) is 0 Å². The van der Waals surface area contributed by atoms with E-state index in [-0.39, 0.29) is 25.9 Å². The summed E-state index contributed by atoms with van der Waals surface area (Å²) in [5, 5.41) is 9.74. The van der Waals surface area contributed by atoms with E-state index in [1.807, 2.05) is 0 Å². The molecular formula is C52H101O11P. The highest BCUT2D eigenvalue weighted by Crippen LogP contribution is 2.43. The molecule has 0 aromatic heterocycles. The number of carbonyl (C=O) groups is 3. The summed E-state index contributed by atoms with van der Waals surface area (Å²) in [6, 6.07) is 0. The van der Waals surface area contributed by atoms with Crippen LogP contribution in [0.2, 0.25) is 0 Å². The molecule has 0 spiro atoms. The van der Waals surface area contributed by atoms with Crippen LogP contribution in [0.25, 0.3) is 0 Å². The molecule has 3 atom stereocenters. The second-order valence-corrected chi connectivity index (χ2v) is 19.9. The first-order chi connectivity index (χ1) is 31.2. The smallest absolute Gasteiger partial charge is 0.462 e. The number of rotatable bonds is 51. The van der Waals surface area contributed by atoms with Crippen LogP contribution < -0.4 is 0 Å². The van der Waals surface area contributed by atoms with Crippen molar-refractivity contribution < 1.29 is 52.2 Å². The maximum Gasteiger partial charge on any atom is 0.472 e. The van der Waals surface area contributed by atoms with Crippen LogP contribution in [0.15, 0.2) is 0 Å². The molecular weight excluding hydrogens is 832 g/mol. The van der Waals surface area contributed by atoms with E-state index in [1.54, 1.807) is 0 Å². The molecule has 3 unspecified atom stereocenters. The number of phosphoric acid groups is 1. The summed E-state index contributed by atoms with van der Waals surface area (Å²) in [6.07, 6.45) is 42.2. The zero-order valence-corrected chi connectivity index (χ0v) is 42.7. The van der Waals surface area contributed by atoms with Gasteiger partial charge in [0.25, 0.3) is 0 Å². The summed E-state index contributed by atoms with van der Waals surface area (Å²) in [6.45, 7) is 4.65. The second-order valence-electron chi connectivity index (χ2n) is 18.4. The number of esters is 3. The Labute approximate surface area is 393 Å². The standard InChI is InChI=1S/C52H101O11P/c1-4-7-10-13-16-19-21-22-23-24-25-26-28-30-32-35-38-41-50(54)59-45-49(63-52(56)43-40-37-34-31-27-20-17-14-11-8-5-2)47-61-64(57,58)60-46-48(44-53)62-51(55)42-39-36-33-29-18-15-12-9-6-3/h48-49,53H,4-47H2,1-3H3,(H,57,58). The van der Waals surface area contributed by atoms with E-state index < -0.39 is 57.8 Å². The van der Waals surface area contributed by atoms with Gasteiger partial charge in [0.1, 0.15) is 12.7 Å². The van der Waals surface area contributed by atoms with Gasteiger partial charge < -0.3 is 24.2 Å². The molecule has 380 valence electrons. The topological polar surface area (TPSA) is 155 Å². The molecule has 0 saturated carbocycles. The Morgan fingerprint density at radius 2 is 0.625 bits per heavy atom. The average molecular weight is 933 g/mol. The zero-order chi connectivity index (χ0) is 47.0. The van der Waals surface area contributed by atoms with Crippen molar-refractivity contribution in [1.29, 1.82) is 0 Å². The number of aliphatic hydroxyl groups is 1. The number of phosphoric ester groups is 1. The summed E-state index contributed by atoms with van der Waals surface area (Å²) >= 11 is 0. The quantitative estimate of drug-likeness (QED) is 0.0259. The van der Waals surface area contributed by atoms with E-state index in [0.29, 0.717) is 19.3 Å². The molecule has 0 amide bonds. The Morgan fingerprint density at radius 3 is 0.922 bits per heavy atom. The zero-order valence-electron chi connectivity index (χ0n) is 41.8. The highest BCUT2D eigenvalue weighted by Gasteiger charge is 2.28. The van der Waals surface area contributed by atoms with Gasteiger partial charge >= 0.3 is 25.7 Å². The Balaban J connectivity index is 4.63. The lowest BCUT2D eigenvalue weighted by molar-refractivity contribution is -0.161. The number of hydrogen-bond donors (Lipinski definition) is 2. The van der Waals surface area contributed by atoms with Gasteiger partial charge in [0.2, 0.25) is 0 Å². The third-order valence-electron chi connectivity index (χ3n) is 12.0. The van der Waals surface area contributed by atoms with Crippen LogP contribution >= 0.6 is 7.82 Å². The van der Waals surface area contributed by atoms with Gasteiger partial charge in [-0.2, -0.15) is 0 Å². The minimum absolute atomic E-state index is 0.177. The first-order valence-electron chi connectivity index (χ1n) is 26.9. The van der Waals surface area contributed by atoms with Crippen LogP contribution in [-0.4, -0.2) is 66.5 Å². The molecule has 0 heterocycles. The number of carbonyl (C=O) groups excluding carboxylic acids is 3. The number of hydrogen-bond acceptors (Lipinski definition) is 10. The lowest BCUT2D eigenvalue weighted by Crippen LogP contribution is -2.30. The van der Waals surface area contributed by atoms with E-state index in [0.717, 1.165) is 57.8 Å². The Morgan fingerprint density at radius 1 is 0.375 bits per heavy atom. The Kier molecular flexibility index (Phi) is 46.8. The van der Waals surface area contributed by atoms with Crippen molar-refractivity contribution in [2.75, 3.05) is 26.4 Å². The van der Waals surface area contributed by atoms with Gasteiger partial charge in [-0.05, 0) is 19.3 Å². The maximum absolute atomic E-state index is 12.8. The predicted molar refractivity (Wildman–Crippen MR) is 261 cm³/mol. The molecule has 0 saturated heterocycles. The highest BCUT2D eigenvalue weighted by atomic mass is 31.2. The number of aliphatic hydroxyl groups excluding tert-OH is 1. The molecule has 0 radical (unpaired) electrons. The second kappa shape index (κ2) is 48.0. The van der Waals surface area contributed by atoms with Gasteiger partial charge in [-0.15, -0.1) is 0 Å². The van der Waals surface area contributed by atoms with Gasteiger partial charge in [0.05, 0.1) is 19.8 Å². The number of unbranched alkanes of at least 4 members (excludes halogenated alkanes) is 34. The molecule has 2 N–H and O–H groups in total. The SMILES string of the molecule is CCCCCCCCCCCCCCCCCCCC(=O)OCC(COP(=O)(O)OCC(CO)OC(=O)CCCCCCCCCCC)OC(=O)CCCCCCCCCCCCC. The fraction of sp³-hybridized carbons (Fsp3) is 0.942. The molecule has 0 fully saturated rings. The largest absolute Gasteiger partial charge is 0.472 e. The molecule has 0 aromatic carbocycles. The monoisotopic (exact) mass is 933 g/mol. The van der Waals surface area contributed by atoms with Crippen molar-refractivity contribution in [3.8, 4) is 0 Å². The van der Waals surface area contributed by atoms with Crippen LogP contribution in [0, 0.1) is 0 Å². The first kappa shape index (κ1) is 62.5. The summed E-state index contributed by atoms with van der Waals surface area (Å²) < 4.78 is 39.3. The molecule has 12 heteroatoms. The predicted octanol–water partition coefficient (Wildman–Crippen LogP) is 15.1. The van der Waals surface area contributed by atoms with Crippen molar-refractivity contribution in [2.24, 2.45) is 0 Å². The van der Waals surface area contributed by atoms with E-state index in [1.165, 1.54) is 161 Å². The summed E-state index contributed by atoms with van der Waals surface area (Å²) in [5.74, 6) is -1.44. The molecule has 64 heavy (non-hydrogen) atoms. The van der Waals surface area contributed by atoms with E-state index >= 15 is 0 Å². The molecule has 0 bridgehead atoms. The van der Waals surface area contributed by atoms with Crippen molar-refractivity contribution >= 4 is 25.7 Å². The van der Waals surface area contributed by atoms with Gasteiger partial charge in [-0.3, -0.25) is 23.4 Å². The van der Waals surface area contributed by atoms with Gasteiger partial charge in [-0.25, -0.2) is 4.57 Å². The highest BCUT2D eigenvalue weighted by molar-refractivity contribution is 7.47. The van der Waals surface area contributed by atoms with Crippen LogP contribution in [-0.2, 0) is 42.2 Å². The van der Waals surface area contributed by atoms with Crippen LogP contribution in [0.1, 0.15) is 278 Å². The Bertz CT molecular complexity index is 1090. The lowest BCUT2D eigenvalue weighted by Gasteiger charge is -2.21. The van der Waals surface area contributed by atoms with Gasteiger partial charge in [0, 0.05) is 19.3 Å². The summed E-state index contributed by atoms with van der Waals surface area (Å²) in [7, 11) is -4.72. The minimum atomic E-state index is -4.72. The van der Waals surface area contributed by atoms with Gasteiger partial charge in [0.15, 0.2) is 6.10 Å².